The van der Waals surface area contributed by atoms with Crippen molar-refractivity contribution in [2.24, 2.45) is 0 Å². The van der Waals surface area contributed by atoms with E-state index >= 15 is 0 Å². The fraction of sp³-hybridized carbons (Fsp3) is 0.273. The van der Waals surface area contributed by atoms with Crippen molar-refractivity contribution in [1.29, 1.82) is 0 Å². The maximum atomic E-state index is 13.1. The molecule has 0 aliphatic carbocycles. The van der Waals surface area contributed by atoms with Crippen LogP contribution in [0.25, 0.3) is 0 Å². The Hall–Kier alpha value is -3.15. The molecule has 1 aliphatic heterocycles. The van der Waals surface area contributed by atoms with Gasteiger partial charge in [0.2, 0.25) is 5.88 Å². The average Bonchev–Trinajstić information content (AvgIpc) is 3.12. The molecule has 5 nitrogen and oxygen atoms in total. The second kappa shape index (κ2) is 8.69. The number of benzene rings is 1. The molecule has 0 spiro atoms. The number of allylic oxidation sites excluding steroid dienone is 3. The van der Waals surface area contributed by atoms with Crippen molar-refractivity contribution in [3.63, 3.8) is 0 Å². The molecule has 0 radical (unpaired) electrons. The minimum Gasteiger partial charge on any atom is -0.472 e. The van der Waals surface area contributed by atoms with Crippen molar-refractivity contribution in [3.8, 4) is 5.88 Å². The van der Waals surface area contributed by atoms with Crippen LogP contribution in [0.1, 0.15) is 29.9 Å². The summed E-state index contributed by atoms with van der Waals surface area (Å²) >= 11 is 0. The van der Waals surface area contributed by atoms with E-state index in [2.05, 4.69) is 11.7 Å². The largest absolute Gasteiger partial charge is 0.472 e. The van der Waals surface area contributed by atoms with Crippen molar-refractivity contribution in [3.05, 3.63) is 83.4 Å². The van der Waals surface area contributed by atoms with Crippen molar-refractivity contribution in [2.75, 3.05) is 13.2 Å². The number of nitrogens with zero attached hydrogens (tertiary/aromatic N) is 3. The first-order valence-electron chi connectivity index (χ1n) is 9.21. The number of rotatable bonds is 6. The number of hydrogen-bond donors (Lipinski definition) is 0. The van der Waals surface area contributed by atoms with E-state index in [1.54, 1.807) is 11.0 Å². The number of hydrogen-bond acceptors (Lipinski definition) is 3. The molecule has 0 fully saturated rings. The second-order valence-corrected chi connectivity index (χ2v) is 6.63. The van der Waals surface area contributed by atoms with Crippen LogP contribution in [0.15, 0.2) is 66.3 Å². The maximum Gasteiger partial charge on any atom is 0.254 e. The number of halogens is 1. The molecule has 2 heterocycles. The number of fused-ring (bicyclic) bond motifs is 1. The van der Waals surface area contributed by atoms with Crippen LogP contribution in [-0.2, 0) is 13.1 Å². The average molecular weight is 381 g/mol. The van der Waals surface area contributed by atoms with Crippen LogP contribution >= 0.6 is 0 Å². The summed E-state index contributed by atoms with van der Waals surface area (Å²) in [6.45, 7) is 9.72. The van der Waals surface area contributed by atoms with Gasteiger partial charge >= 0.3 is 0 Å². The molecular weight excluding hydrogens is 357 g/mol. The van der Waals surface area contributed by atoms with E-state index in [9.17, 15) is 9.18 Å². The topological polar surface area (TPSA) is 47.4 Å². The summed E-state index contributed by atoms with van der Waals surface area (Å²) in [5.41, 5.74) is 3.48. The SMILES string of the molecule is C=C/C(C)=C(\C=C/C)COc1cc2n(n1)CCN(C(=O)c1ccc(F)cc1)C2. The lowest BCUT2D eigenvalue weighted by molar-refractivity contribution is 0.0706. The molecule has 146 valence electrons. The molecule has 2 aromatic rings. The fourth-order valence-corrected chi connectivity index (χ4v) is 3.04. The van der Waals surface area contributed by atoms with Gasteiger partial charge in [-0.25, -0.2) is 4.39 Å². The molecule has 0 saturated carbocycles. The third kappa shape index (κ3) is 4.39. The van der Waals surface area contributed by atoms with E-state index in [-0.39, 0.29) is 11.7 Å². The Morgan fingerprint density at radius 2 is 2.07 bits per heavy atom. The summed E-state index contributed by atoms with van der Waals surface area (Å²) < 4.78 is 20.8. The predicted octanol–water partition coefficient (Wildman–Crippen LogP) is 4.14. The highest BCUT2D eigenvalue weighted by Crippen LogP contribution is 2.21. The van der Waals surface area contributed by atoms with Crippen molar-refractivity contribution >= 4 is 5.91 Å². The normalized spacial score (nSPS) is 14.6. The van der Waals surface area contributed by atoms with E-state index in [0.717, 1.165) is 16.8 Å². The first-order valence-corrected chi connectivity index (χ1v) is 9.21. The van der Waals surface area contributed by atoms with Gasteiger partial charge in [-0.2, -0.15) is 0 Å². The Bertz CT molecular complexity index is 926. The van der Waals surface area contributed by atoms with Gasteiger partial charge in [0.1, 0.15) is 12.4 Å². The van der Waals surface area contributed by atoms with E-state index in [1.807, 2.05) is 36.7 Å². The fourth-order valence-electron chi connectivity index (χ4n) is 3.04. The zero-order valence-corrected chi connectivity index (χ0v) is 16.2. The highest BCUT2D eigenvalue weighted by Gasteiger charge is 2.23. The van der Waals surface area contributed by atoms with Gasteiger partial charge in [0.15, 0.2) is 0 Å². The van der Waals surface area contributed by atoms with Gasteiger partial charge in [0.25, 0.3) is 5.91 Å². The summed E-state index contributed by atoms with van der Waals surface area (Å²) in [6, 6.07) is 7.48. The second-order valence-electron chi connectivity index (χ2n) is 6.63. The van der Waals surface area contributed by atoms with Gasteiger partial charge in [-0.15, -0.1) is 5.10 Å². The van der Waals surface area contributed by atoms with E-state index in [0.29, 0.717) is 37.7 Å². The Labute approximate surface area is 164 Å². The Balaban J connectivity index is 1.68. The number of carbonyl (C=O) groups excluding carboxylic acids is 1. The monoisotopic (exact) mass is 381 g/mol. The Kier molecular flexibility index (Phi) is 6.09. The van der Waals surface area contributed by atoms with Crippen LogP contribution < -0.4 is 4.74 Å². The van der Waals surface area contributed by atoms with E-state index in [4.69, 9.17) is 4.74 Å². The lowest BCUT2D eigenvalue weighted by atomic mass is 10.1. The minimum atomic E-state index is -0.354. The highest BCUT2D eigenvalue weighted by atomic mass is 19.1. The molecule has 0 atom stereocenters. The van der Waals surface area contributed by atoms with Gasteiger partial charge in [-0.1, -0.05) is 24.8 Å². The van der Waals surface area contributed by atoms with Crippen LogP contribution in [0.4, 0.5) is 4.39 Å². The van der Waals surface area contributed by atoms with Crippen molar-refractivity contribution < 1.29 is 13.9 Å². The quantitative estimate of drug-likeness (QED) is 0.707. The predicted molar refractivity (Wildman–Crippen MR) is 107 cm³/mol. The Morgan fingerprint density at radius 1 is 1.32 bits per heavy atom. The lowest BCUT2D eigenvalue weighted by Crippen LogP contribution is -2.38. The maximum absolute atomic E-state index is 13.1. The number of carbonyl (C=O) groups is 1. The first kappa shape index (κ1) is 19.6. The number of aromatic nitrogens is 2. The molecule has 6 heteroatoms. The molecule has 0 saturated heterocycles. The standard InChI is InChI=1S/C22H24FN3O2/c1-4-6-18(16(3)5-2)15-28-21-13-20-14-25(11-12-26(20)24-21)22(27)17-7-9-19(23)10-8-17/h4-10,13H,2,11-12,14-15H2,1,3H3/b6-4-,18-16+. The molecule has 1 aliphatic rings. The third-order valence-corrected chi connectivity index (χ3v) is 4.71. The van der Waals surface area contributed by atoms with Crippen LogP contribution in [0.5, 0.6) is 5.88 Å². The van der Waals surface area contributed by atoms with E-state index in [1.165, 1.54) is 24.3 Å². The minimum absolute atomic E-state index is 0.116. The lowest BCUT2D eigenvalue weighted by Gasteiger charge is -2.27. The van der Waals surface area contributed by atoms with Crippen LogP contribution in [0, 0.1) is 5.82 Å². The summed E-state index contributed by atoms with van der Waals surface area (Å²) in [4.78, 5) is 14.4. The van der Waals surface area contributed by atoms with Crippen LogP contribution in [0.3, 0.4) is 0 Å². The molecule has 0 bridgehead atoms. The molecular formula is C22H24FN3O2. The molecule has 3 rings (SSSR count). The molecule has 1 aromatic carbocycles. The molecule has 0 unspecified atom stereocenters. The van der Waals surface area contributed by atoms with Crippen molar-refractivity contribution in [1.82, 2.24) is 14.7 Å². The molecule has 28 heavy (non-hydrogen) atoms. The highest BCUT2D eigenvalue weighted by molar-refractivity contribution is 5.94. The number of amides is 1. The van der Waals surface area contributed by atoms with Gasteiger partial charge in [-0.3, -0.25) is 9.48 Å². The summed E-state index contributed by atoms with van der Waals surface area (Å²) in [5.74, 6) is 0.0628. The van der Waals surface area contributed by atoms with E-state index < -0.39 is 0 Å². The molecule has 0 N–H and O–H groups in total. The van der Waals surface area contributed by atoms with Crippen molar-refractivity contribution in [2.45, 2.75) is 26.9 Å². The first-order chi connectivity index (χ1) is 13.5. The smallest absolute Gasteiger partial charge is 0.254 e. The zero-order chi connectivity index (χ0) is 20.1. The third-order valence-electron chi connectivity index (χ3n) is 4.71. The summed E-state index contributed by atoms with van der Waals surface area (Å²) in [6.07, 6.45) is 5.76. The van der Waals surface area contributed by atoms with Gasteiger partial charge in [0.05, 0.1) is 18.8 Å². The number of ether oxygens (including phenoxy) is 1. The van der Waals surface area contributed by atoms with Gasteiger partial charge in [0, 0.05) is 18.2 Å². The van der Waals surface area contributed by atoms with Gasteiger partial charge < -0.3 is 9.64 Å². The zero-order valence-electron chi connectivity index (χ0n) is 16.2. The van der Waals surface area contributed by atoms with Gasteiger partial charge in [-0.05, 0) is 49.3 Å². The summed E-state index contributed by atoms with van der Waals surface area (Å²) in [7, 11) is 0. The Morgan fingerprint density at radius 3 is 2.75 bits per heavy atom. The van der Waals surface area contributed by atoms with Crippen LogP contribution in [-0.4, -0.2) is 33.7 Å². The summed E-state index contributed by atoms with van der Waals surface area (Å²) in [5, 5.41) is 4.48. The molecule has 1 aromatic heterocycles. The van der Waals surface area contributed by atoms with Crippen LogP contribution in [0.2, 0.25) is 0 Å². The molecule has 1 amide bonds.